The van der Waals surface area contributed by atoms with E-state index in [1.807, 2.05) is 0 Å². The predicted octanol–water partition coefficient (Wildman–Crippen LogP) is 0.701. The number of likely N-dealkylation sites (tertiary alicyclic amines) is 1. The fourth-order valence-electron chi connectivity index (χ4n) is 4.29. The van der Waals surface area contributed by atoms with Crippen molar-refractivity contribution in [1.82, 2.24) is 10.2 Å². The van der Waals surface area contributed by atoms with Crippen LogP contribution in [0.2, 0.25) is 0 Å². The second kappa shape index (κ2) is 8.41. The number of rotatable bonds is 5. The zero-order valence-corrected chi connectivity index (χ0v) is 14.2. The third-order valence-corrected chi connectivity index (χ3v) is 5.67. The Balaban J connectivity index is 1.56. The summed E-state index contributed by atoms with van der Waals surface area (Å²) in [5.74, 6) is 0.608. The molecule has 0 unspecified atom stereocenters. The fraction of sp³-hybridized carbons (Fsp3) is 0.684. The molecule has 0 aromatic heterocycles. The van der Waals surface area contributed by atoms with Gasteiger partial charge in [0.25, 0.3) is 0 Å². The zero-order chi connectivity index (χ0) is 16.9. The van der Waals surface area contributed by atoms with Gasteiger partial charge in [-0.15, -0.1) is 0 Å². The van der Waals surface area contributed by atoms with Crippen LogP contribution in [-0.4, -0.2) is 70.8 Å². The van der Waals surface area contributed by atoms with E-state index in [0.717, 1.165) is 32.4 Å². The van der Waals surface area contributed by atoms with E-state index in [9.17, 15) is 10.2 Å². The van der Waals surface area contributed by atoms with E-state index >= 15 is 0 Å². The van der Waals surface area contributed by atoms with Crippen molar-refractivity contribution in [2.75, 3.05) is 26.2 Å². The first-order valence-electron chi connectivity index (χ1n) is 9.18. The summed E-state index contributed by atoms with van der Waals surface area (Å²) in [5.41, 5.74) is 1.42. The monoisotopic (exact) mass is 334 g/mol. The molecule has 2 fully saturated rings. The van der Waals surface area contributed by atoms with Gasteiger partial charge in [-0.2, -0.15) is 0 Å². The van der Waals surface area contributed by atoms with Crippen LogP contribution in [0.4, 0.5) is 0 Å². The first kappa shape index (κ1) is 17.8. The molecular formula is C19H30N2O3. The van der Waals surface area contributed by atoms with Crippen LogP contribution >= 0.6 is 0 Å². The molecule has 0 spiro atoms. The highest BCUT2D eigenvalue weighted by atomic mass is 16.3. The van der Waals surface area contributed by atoms with Gasteiger partial charge in [0.2, 0.25) is 0 Å². The third kappa shape index (κ3) is 4.16. The lowest BCUT2D eigenvalue weighted by atomic mass is 9.82. The van der Waals surface area contributed by atoms with E-state index in [0.29, 0.717) is 18.9 Å². The quantitative estimate of drug-likeness (QED) is 0.638. The molecule has 0 amide bonds. The Morgan fingerprint density at radius 2 is 1.71 bits per heavy atom. The van der Waals surface area contributed by atoms with E-state index in [1.165, 1.54) is 5.56 Å². The van der Waals surface area contributed by atoms with Crippen LogP contribution in [0.5, 0.6) is 0 Å². The van der Waals surface area contributed by atoms with Crippen LogP contribution in [0.3, 0.4) is 0 Å². The van der Waals surface area contributed by atoms with Gasteiger partial charge in [-0.3, -0.25) is 4.90 Å². The van der Waals surface area contributed by atoms with Crippen molar-refractivity contribution < 1.29 is 15.3 Å². The van der Waals surface area contributed by atoms with Gasteiger partial charge in [-0.25, -0.2) is 0 Å². The summed E-state index contributed by atoms with van der Waals surface area (Å²) in [7, 11) is 0. The average molecular weight is 334 g/mol. The molecule has 1 saturated carbocycles. The van der Waals surface area contributed by atoms with Crippen LogP contribution in [-0.2, 0) is 0 Å². The molecule has 5 nitrogen and oxygen atoms in total. The molecule has 1 aliphatic heterocycles. The molecule has 5 heteroatoms. The van der Waals surface area contributed by atoms with E-state index < -0.39 is 12.2 Å². The first-order valence-corrected chi connectivity index (χ1v) is 9.18. The van der Waals surface area contributed by atoms with Gasteiger partial charge in [-0.05, 0) is 43.8 Å². The van der Waals surface area contributed by atoms with Crippen LogP contribution in [0.1, 0.15) is 37.2 Å². The number of aliphatic hydroxyl groups is 3. The number of nitrogens with zero attached hydrogens (tertiary/aromatic N) is 1. The maximum absolute atomic E-state index is 10.4. The number of aliphatic hydroxyl groups excluding tert-OH is 3. The summed E-state index contributed by atoms with van der Waals surface area (Å²) < 4.78 is 0. The predicted molar refractivity (Wildman–Crippen MR) is 93.9 cm³/mol. The molecule has 24 heavy (non-hydrogen) atoms. The molecule has 0 bridgehead atoms. The Hall–Kier alpha value is -0.980. The highest BCUT2D eigenvalue weighted by Crippen LogP contribution is 2.32. The third-order valence-electron chi connectivity index (χ3n) is 5.67. The minimum absolute atomic E-state index is 0.0441. The van der Waals surface area contributed by atoms with E-state index in [1.54, 1.807) is 0 Å². The first-order chi connectivity index (χ1) is 11.7. The second-order valence-electron chi connectivity index (χ2n) is 7.18. The Kier molecular flexibility index (Phi) is 6.25. The normalized spacial score (nSPS) is 32.8. The van der Waals surface area contributed by atoms with Crippen molar-refractivity contribution >= 4 is 0 Å². The molecule has 3 rings (SSSR count). The van der Waals surface area contributed by atoms with Gasteiger partial charge in [0.1, 0.15) is 0 Å². The molecule has 2 aliphatic rings. The Morgan fingerprint density at radius 3 is 2.38 bits per heavy atom. The van der Waals surface area contributed by atoms with Crippen molar-refractivity contribution in [2.24, 2.45) is 0 Å². The molecule has 1 heterocycles. The lowest BCUT2D eigenvalue weighted by Gasteiger charge is -2.45. The van der Waals surface area contributed by atoms with Gasteiger partial charge in [0, 0.05) is 25.0 Å². The molecule has 1 aliphatic carbocycles. The molecule has 0 radical (unpaired) electrons. The van der Waals surface area contributed by atoms with Gasteiger partial charge >= 0.3 is 0 Å². The summed E-state index contributed by atoms with van der Waals surface area (Å²) in [6.45, 7) is 2.54. The number of hydrogen-bond donors (Lipinski definition) is 4. The standard InChI is InChI=1S/C19H30N2O3/c22-11-8-20-16-12-17(19(24)13-18(16)23)21-9-6-15(7-10-21)14-4-2-1-3-5-14/h1-5,15-20,22-24H,6-13H2/t16-,17-,18-,19-/m1/s1. The van der Waals surface area contributed by atoms with Crippen molar-refractivity contribution in [3.8, 4) is 0 Å². The van der Waals surface area contributed by atoms with E-state index in [-0.39, 0.29) is 18.7 Å². The van der Waals surface area contributed by atoms with Crippen LogP contribution in [0.25, 0.3) is 0 Å². The van der Waals surface area contributed by atoms with Crippen LogP contribution in [0, 0.1) is 0 Å². The average Bonchev–Trinajstić information content (AvgIpc) is 2.62. The van der Waals surface area contributed by atoms with Gasteiger partial charge in [0.15, 0.2) is 0 Å². The van der Waals surface area contributed by atoms with Gasteiger partial charge in [0.05, 0.1) is 18.8 Å². The van der Waals surface area contributed by atoms with Crippen molar-refractivity contribution in [3.63, 3.8) is 0 Å². The summed E-state index contributed by atoms with van der Waals surface area (Å²) >= 11 is 0. The smallest absolute Gasteiger partial charge is 0.0721 e. The molecule has 4 N–H and O–H groups in total. The van der Waals surface area contributed by atoms with Gasteiger partial charge < -0.3 is 20.6 Å². The number of piperidine rings is 1. The topological polar surface area (TPSA) is 76.0 Å². The molecule has 1 saturated heterocycles. The SMILES string of the molecule is OCCN[C@@H]1C[C@@H](N2CCC(c3ccccc3)CC2)[C@H](O)C[C@H]1O. The Morgan fingerprint density at radius 1 is 1.00 bits per heavy atom. The van der Waals surface area contributed by atoms with Crippen molar-refractivity contribution in [1.29, 1.82) is 0 Å². The highest BCUT2D eigenvalue weighted by Gasteiger charge is 2.39. The number of hydrogen-bond acceptors (Lipinski definition) is 5. The second-order valence-corrected chi connectivity index (χ2v) is 7.18. The maximum atomic E-state index is 10.4. The minimum Gasteiger partial charge on any atom is -0.395 e. The number of benzene rings is 1. The summed E-state index contributed by atoms with van der Waals surface area (Å²) in [6, 6.07) is 10.7. The summed E-state index contributed by atoms with van der Waals surface area (Å²) in [4.78, 5) is 2.39. The molecule has 134 valence electrons. The Bertz CT molecular complexity index is 491. The van der Waals surface area contributed by atoms with Crippen molar-refractivity contribution in [3.05, 3.63) is 35.9 Å². The fourth-order valence-corrected chi connectivity index (χ4v) is 4.29. The summed E-state index contributed by atoms with van der Waals surface area (Å²) in [5, 5.41) is 32.8. The minimum atomic E-state index is -0.537. The van der Waals surface area contributed by atoms with Gasteiger partial charge in [-0.1, -0.05) is 30.3 Å². The van der Waals surface area contributed by atoms with E-state index in [4.69, 9.17) is 5.11 Å². The highest BCUT2D eigenvalue weighted by molar-refractivity contribution is 5.20. The Labute approximate surface area is 144 Å². The van der Waals surface area contributed by atoms with Crippen molar-refractivity contribution in [2.45, 2.75) is 55.9 Å². The lowest BCUT2D eigenvalue weighted by Crippen LogP contribution is -2.58. The zero-order valence-electron chi connectivity index (χ0n) is 14.2. The number of nitrogens with one attached hydrogen (secondary N) is 1. The largest absolute Gasteiger partial charge is 0.395 e. The lowest BCUT2D eigenvalue weighted by molar-refractivity contribution is -0.0490. The maximum Gasteiger partial charge on any atom is 0.0721 e. The van der Waals surface area contributed by atoms with E-state index in [2.05, 4.69) is 40.5 Å². The van der Waals surface area contributed by atoms with Crippen LogP contribution in [0.15, 0.2) is 30.3 Å². The molecule has 4 atom stereocenters. The molecule has 1 aromatic rings. The summed E-state index contributed by atoms with van der Waals surface area (Å²) in [6.07, 6.45) is 2.37. The molecule has 1 aromatic carbocycles. The van der Waals surface area contributed by atoms with Crippen LogP contribution < -0.4 is 5.32 Å². The molecular weight excluding hydrogens is 304 g/mol.